The predicted molar refractivity (Wildman–Crippen MR) is 60.8 cm³/mol. The van der Waals surface area contributed by atoms with Gasteiger partial charge in [0.2, 0.25) is 0 Å². The Kier molecular flexibility index (Phi) is 2.98. The predicted octanol–water partition coefficient (Wildman–Crippen LogP) is 3.33. The van der Waals surface area contributed by atoms with Gasteiger partial charge in [-0.3, -0.25) is 0 Å². The molecule has 1 nitrogen and oxygen atoms in total. The molecule has 15 heavy (non-hydrogen) atoms. The van der Waals surface area contributed by atoms with Gasteiger partial charge in [-0.05, 0) is 44.0 Å². The fraction of sp³-hybridized carbons (Fsp3) is 0.500. The Labute approximate surface area is 94.6 Å². The molecule has 1 saturated heterocycles. The molecule has 0 amide bonds. The molecule has 1 N–H and O–H groups in total. The van der Waals surface area contributed by atoms with Crippen LogP contribution in [0.2, 0.25) is 5.02 Å². The number of rotatable bonds is 1. The Hall–Kier alpha value is -0.600. The first-order valence-corrected chi connectivity index (χ1v) is 5.66. The van der Waals surface area contributed by atoms with Crippen molar-refractivity contribution < 1.29 is 4.39 Å². The lowest BCUT2D eigenvalue weighted by Crippen LogP contribution is -2.26. The van der Waals surface area contributed by atoms with Crippen molar-refractivity contribution in [3.8, 4) is 0 Å². The fourth-order valence-electron chi connectivity index (χ4n) is 2.43. The van der Waals surface area contributed by atoms with E-state index in [1.54, 1.807) is 6.07 Å². The average Bonchev–Trinajstić information content (AvgIpc) is 2.43. The van der Waals surface area contributed by atoms with Crippen LogP contribution < -0.4 is 5.32 Å². The molecule has 1 fully saturated rings. The van der Waals surface area contributed by atoms with Crippen molar-refractivity contribution in [2.24, 2.45) is 0 Å². The Bertz CT molecular complexity index is 346. The fourth-order valence-corrected chi connectivity index (χ4v) is 2.66. The summed E-state index contributed by atoms with van der Waals surface area (Å²) in [6.45, 7) is 4.28. The van der Waals surface area contributed by atoms with Gasteiger partial charge in [0.05, 0.1) is 0 Å². The van der Waals surface area contributed by atoms with E-state index < -0.39 is 0 Å². The maximum absolute atomic E-state index is 13.2. The molecule has 0 saturated carbocycles. The molecule has 82 valence electrons. The third kappa shape index (κ3) is 2.32. The Balaban J connectivity index is 2.29. The van der Waals surface area contributed by atoms with Crippen molar-refractivity contribution in [2.75, 3.05) is 0 Å². The Morgan fingerprint density at radius 3 is 2.60 bits per heavy atom. The molecule has 2 rings (SSSR count). The van der Waals surface area contributed by atoms with Crippen molar-refractivity contribution in [1.29, 1.82) is 0 Å². The molecule has 0 aliphatic carbocycles. The normalized spacial score (nSPS) is 30.8. The first kappa shape index (κ1) is 10.9. The number of halogens is 2. The van der Waals surface area contributed by atoms with Crippen LogP contribution in [-0.2, 0) is 0 Å². The van der Waals surface area contributed by atoms with Gasteiger partial charge in [-0.1, -0.05) is 11.6 Å². The quantitative estimate of drug-likeness (QED) is 0.776. The molecule has 0 radical (unpaired) electrons. The van der Waals surface area contributed by atoms with Gasteiger partial charge < -0.3 is 5.32 Å². The molecule has 3 atom stereocenters. The van der Waals surface area contributed by atoms with Gasteiger partial charge >= 0.3 is 0 Å². The van der Waals surface area contributed by atoms with Crippen molar-refractivity contribution in [1.82, 2.24) is 5.32 Å². The zero-order valence-corrected chi connectivity index (χ0v) is 9.68. The number of hydrogen-bond acceptors (Lipinski definition) is 1. The molecule has 3 unspecified atom stereocenters. The summed E-state index contributed by atoms with van der Waals surface area (Å²) in [6, 6.07) is 5.68. The minimum atomic E-state index is -0.246. The van der Waals surface area contributed by atoms with E-state index in [9.17, 15) is 4.39 Å². The minimum Gasteiger partial charge on any atom is -0.311 e. The topological polar surface area (TPSA) is 12.0 Å². The Morgan fingerprint density at radius 1 is 1.33 bits per heavy atom. The maximum Gasteiger partial charge on any atom is 0.124 e. The second-order valence-electron chi connectivity index (χ2n) is 4.40. The molecule has 1 aliphatic heterocycles. The van der Waals surface area contributed by atoms with Crippen LogP contribution in [0.25, 0.3) is 0 Å². The third-order valence-corrected chi connectivity index (χ3v) is 3.29. The zero-order valence-electron chi connectivity index (χ0n) is 8.93. The summed E-state index contributed by atoms with van der Waals surface area (Å²) in [6.07, 6.45) is 1.04. The summed E-state index contributed by atoms with van der Waals surface area (Å²) in [5, 5.41) is 3.92. The second kappa shape index (κ2) is 4.11. The van der Waals surface area contributed by atoms with E-state index in [0.717, 1.165) is 12.0 Å². The lowest BCUT2D eigenvalue weighted by atomic mass is 9.92. The summed E-state index contributed by atoms with van der Waals surface area (Å²) in [7, 11) is 0. The summed E-state index contributed by atoms with van der Waals surface area (Å²) in [5.74, 6) is 0.123. The zero-order chi connectivity index (χ0) is 11.0. The van der Waals surface area contributed by atoms with Gasteiger partial charge in [-0.25, -0.2) is 4.39 Å². The van der Waals surface area contributed by atoms with Gasteiger partial charge in [0.1, 0.15) is 5.82 Å². The summed E-state index contributed by atoms with van der Waals surface area (Å²) >= 11 is 5.85. The van der Waals surface area contributed by atoms with E-state index in [4.69, 9.17) is 11.6 Å². The summed E-state index contributed by atoms with van der Waals surface area (Å²) in [4.78, 5) is 0. The maximum atomic E-state index is 13.2. The molecule has 1 heterocycles. The molecule has 1 aromatic rings. The molecule has 1 aromatic carbocycles. The van der Waals surface area contributed by atoms with Gasteiger partial charge in [-0.2, -0.15) is 0 Å². The van der Waals surface area contributed by atoms with Crippen LogP contribution in [0.15, 0.2) is 18.2 Å². The molecule has 0 bridgehead atoms. The minimum absolute atomic E-state index is 0.246. The van der Waals surface area contributed by atoms with E-state index in [2.05, 4.69) is 19.2 Å². The van der Waals surface area contributed by atoms with E-state index >= 15 is 0 Å². The molecule has 0 aromatic heterocycles. The van der Waals surface area contributed by atoms with Gasteiger partial charge in [0.25, 0.3) is 0 Å². The third-order valence-electron chi connectivity index (χ3n) is 3.07. The standard InChI is InChI=1S/C12H15ClFN/c1-7-3-12(8(2)15-7)9-4-10(13)6-11(14)5-9/h4-8,12,15H,3H2,1-2H3. The van der Waals surface area contributed by atoms with Crippen LogP contribution in [0.3, 0.4) is 0 Å². The van der Waals surface area contributed by atoms with E-state index in [1.165, 1.54) is 6.07 Å². The number of benzene rings is 1. The molecular formula is C12H15ClFN. The van der Waals surface area contributed by atoms with Crippen LogP contribution in [0.4, 0.5) is 4.39 Å². The van der Waals surface area contributed by atoms with Crippen LogP contribution in [0, 0.1) is 5.82 Å². The Morgan fingerprint density at radius 2 is 2.07 bits per heavy atom. The van der Waals surface area contributed by atoms with Crippen molar-refractivity contribution in [3.63, 3.8) is 0 Å². The van der Waals surface area contributed by atoms with Gasteiger partial charge in [0.15, 0.2) is 0 Å². The molecule has 0 spiro atoms. The SMILES string of the molecule is CC1CC(c2cc(F)cc(Cl)c2)C(C)N1. The smallest absolute Gasteiger partial charge is 0.124 e. The lowest BCUT2D eigenvalue weighted by molar-refractivity contribution is 0.570. The highest BCUT2D eigenvalue weighted by molar-refractivity contribution is 6.30. The highest BCUT2D eigenvalue weighted by atomic mass is 35.5. The largest absolute Gasteiger partial charge is 0.311 e. The highest BCUT2D eigenvalue weighted by Crippen LogP contribution is 2.32. The van der Waals surface area contributed by atoms with E-state index in [-0.39, 0.29) is 5.82 Å². The summed E-state index contributed by atoms with van der Waals surface area (Å²) in [5.41, 5.74) is 1.00. The van der Waals surface area contributed by atoms with Crippen LogP contribution in [0.5, 0.6) is 0 Å². The van der Waals surface area contributed by atoms with Crippen LogP contribution >= 0.6 is 11.6 Å². The number of hydrogen-bond donors (Lipinski definition) is 1. The molecule has 3 heteroatoms. The second-order valence-corrected chi connectivity index (χ2v) is 4.84. The van der Waals surface area contributed by atoms with Crippen molar-refractivity contribution >= 4 is 11.6 Å². The number of nitrogens with one attached hydrogen (secondary N) is 1. The molecule has 1 aliphatic rings. The van der Waals surface area contributed by atoms with Crippen molar-refractivity contribution in [3.05, 3.63) is 34.6 Å². The first-order valence-electron chi connectivity index (χ1n) is 5.28. The molecular weight excluding hydrogens is 213 g/mol. The first-order chi connectivity index (χ1) is 7.06. The van der Waals surface area contributed by atoms with Crippen molar-refractivity contribution in [2.45, 2.75) is 38.3 Å². The van der Waals surface area contributed by atoms with Gasteiger partial charge in [0, 0.05) is 23.0 Å². The van der Waals surface area contributed by atoms with Gasteiger partial charge in [-0.15, -0.1) is 0 Å². The monoisotopic (exact) mass is 227 g/mol. The van der Waals surface area contributed by atoms with E-state index in [0.29, 0.717) is 23.0 Å². The lowest BCUT2D eigenvalue weighted by Gasteiger charge is -2.15. The summed E-state index contributed by atoms with van der Waals surface area (Å²) < 4.78 is 13.2. The van der Waals surface area contributed by atoms with E-state index in [1.807, 2.05) is 6.07 Å². The van der Waals surface area contributed by atoms with Crippen LogP contribution in [0.1, 0.15) is 31.7 Å². The highest BCUT2D eigenvalue weighted by Gasteiger charge is 2.29. The van der Waals surface area contributed by atoms with Crippen LogP contribution in [-0.4, -0.2) is 12.1 Å². The average molecular weight is 228 g/mol.